The van der Waals surface area contributed by atoms with Crippen LogP contribution in [0.2, 0.25) is 0 Å². The summed E-state index contributed by atoms with van der Waals surface area (Å²) >= 11 is 0. The molecule has 1 atom stereocenters. The Kier molecular flexibility index (Phi) is 6.28. The third-order valence-corrected chi connectivity index (χ3v) is 6.70. The highest BCUT2D eigenvalue weighted by atomic mass is 32.2. The van der Waals surface area contributed by atoms with E-state index in [1.165, 1.54) is 12.1 Å². The summed E-state index contributed by atoms with van der Waals surface area (Å²) in [6, 6.07) is 18.4. The van der Waals surface area contributed by atoms with E-state index in [1.54, 1.807) is 12.1 Å². The summed E-state index contributed by atoms with van der Waals surface area (Å²) in [5.74, 6) is 0.717. The molecule has 5 nitrogen and oxygen atoms in total. The molecule has 0 fully saturated rings. The summed E-state index contributed by atoms with van der Waals surface area (Å²) in [4.78, 5) is 0.0824. The van der Waals surface area contributed by atoms with Crippen LogP contribution in [0.15, 0.2) is 70.7 Å². The second-order valence-corrected chi connectivity index (χ2v) is 9.46. The molecule has 3 aromatic carbocycles. The molecule has 1 aliphatic rings. The number of oxime groups is 1. The first kappa shape index (κ1) is 21.4. The number of hydrogen-bond donors (Lipinski definition) is 0. The summed E-state index contributed by atoms with van der Waals surface area (Å²) in [7, 11) is -4.02. The van der Waals surface area contributed by atoms with Crippen LogP contribution in [0.25, 0.3) is 10.8 Å². The van der Waals surface area contributed by atoms with Crippen molar-refractivity contribution in [3.8, 4) is 5.75 Å². The van der Waals surface area contributed by atoms with Gasteiger partial charge in [0.15, 0.2) is 0 Å². The van der Waals surface area contributed by atoms with Crippen LogP contribution in [0.1, 0.15) is 50.2 Å². The Bertz CT molecular complexity index is 1200. The zero-order chi connectivity index (χ0) is 21.8. The Hall–Kier alpha value is -2.86. The SMILES string of the molecule is CCCCCCC1Oc2ccc3ccccc3c2/C1=N/OS(=O)(=O)c1ccc(C)cc1. The normalized spacial score (nSPS) is 17.0. The Morgan fingerprint density at radius 1 is 0.968 bits per heavy atom. The van der Waals surface area contributed by atoms with Gasteiger partial charge in [0, 0.05) is 0 Å². The van der Waals surface area contributed by atoms with Gasteiger partial charge in [-0.25, -0.2) is 0 Å². The average Bonchev–Trinajstić information content (AvgIpc) is 3.13. The maximum absolute atomic E-state index is 12.7. The van der Waals surface area contributed by atoms with Gasteiger partial charge in [-0.15, -0.1) is 0 Å². The number of benzene rings is 3. The number of fused-ring (bicyclic) bond motifs is 3. The van der Waals surface area contributed by atoms with Crippen molar-refractivity contribution < 1.29 is 17.4 Å². The molecular weight excluding hydrogens is 410 g/mol. The fraction of sp³-hybridized carbons (Fsp3) is 0.320. The molecule has 3 aromatic rings. The second-order valence-electron chi connectivity index (χ2n) is 7.93. The molecule has 0 aromatic heterocycles. The van der Waals surface area contributed by atoms with E-state index in [-0.39, 0.29) is 11.0 Å². The van der Waals surface area contributed by atoms with Gasteiger partial charge in [0.05, 0.1) is 5.56 Å². The molecule has 4 rings (SSSR count). The molecule has 0 amide bonds. The lowest BCUT2D eigenvalue weighted by Gasteiger charge is -2.11. The molecule has 1 heterocycles. The van der Waals surface area contributed by atoms with Gasteiger partial charge >= 0.3 is 10.1 Å². The minimum absolute atomic E-state index is 0.0824. The van der Waals surface area contributed by atoms with E-state index in [9.17, 15) is 8.42 Å². The highest BCUT2D eigenvalue weighted by molar-refractivity contribution is 7.86. The zero-order valence-electron chi connectivity index (χ0n) is 17.9. The van der Waals surface area contributed by atoms with Crippen LogP contribution in [-0.2, 0) is 14.4 Å². The summed E-state index contributed by atoms with van der Waals surface area (Å²) in [5.41, 5.74) is 2.33. The van der Waals surface area contributed by atoms with Crippen molar-refractivity contribution >= 4 is 26.6 Å². The fourth-order valence-corrected chi connectivity index (χ4v) is 4.61. The number of nitrogens with zero attached hydrogens (tertiary/aromatic N) is 1. The largest absolute Gasteiger partial charge is 0.483 e. The van der Waals surface area contributed by atoms with Crippen LogP contribution in [0.3, 0.4) is 0 Å². The molecule has 1 aliphatic heterocycles. The van der Waals surface area contributed by atoms with Gasteiger partial charge in [-0.2, -0.15) is 8.42 Å². The smallest absolute Gasteiger partial charge is 0.358 e. The van der Waals surface area contributed by atoms with Crippen LogP contribution < -0.4 is 4.74 Å². The van der Waals surface area contributed by atoms with E-state index in [0.29, 0.717) is 11.5 Å². The maximum Gasteiger partial charge on any atom is 0.358 e. The van der Waals surface area contributed by atoms with Crippen molar-refractivity contribution in [2.75, 3.05) is 0 Å². The Morgan fingerprint density at radius 3 is 2.52 bits per heavy atom. The van der Waals surface area contributed by atoms with E-state index < -0.39 is 10.1 Å². The monoisotopic (exact) mass is 437 g/mol. The number of rotatable bonds is 8. The molecule has 0 saturated heterocycles. The van der Waals surface area contributed by atoms with Gasteiger partial charge in [-0.3, -0.25) is 4.28 Å². The van der Waals surface area contributed by atoms with Crippen molar-refractivity contribution in [3.05, 3.63) is 71.8 Å². The third kappa shape index (κ3) is 4.59. The first-order valence-electron chi connectivity index (χ1n) is 10.8. The summed E-state index contributed by atoms with van der Waals surface area (Å²) < 4.78 is 36.8. The van der Waals surface area contributed by atoms with Gasteiger partial charge in [0.25, 0.3) is 0 Å². The molecule has 0 N–H and O–H groups in total. The molecule has 162 valence electrons. The van der Waals surface area contributed by atoms with Gasteiger partial charge in [-0.1, -0.05) is 79.4 Å². The van der Waals surface area contributed by atoms with Crippen molar-refractivity contribution in [3.63, 3.8) is 0 Å². The van der Waals surface area contributed by atoms with Gasteiger partial charge in [0.1, 0.15) is 22.5 Å². The van der Waals surface area contributed by atoms with Crippen LogP contribution in [-0.4, -0.2) is 20.2 Å². The lowest BCUT2D eigenvalue weighted by Crippen LogP contribution is -2.22. The highest BCUT2D eigenvalue weighted by Gasteiger charge is 2.33. The molecule has 6 heteroatoms. The van der Waals surface area contributed by atoms with E-state index in [1.807, 2.05) is 43.3 Å². The standard InChI is InChI=1S/C25H27NO4S/c1-3-4-5-6-11-23-25(26-30-31(27,28)20-15-12-18(2)13-16-20)24-21-10-8-7-9-19(21)14-17-22(24)29-23/h7-10,12-17,23H,3-6,11H2,1-2H3/b26-25+. The number of ether oxygens (including phenoxy) is 1. The quantitative estimate of drug-likeness (QED) is 0.321. The summed E-state index contributed by atoms with van der Waals surface area (Å²) in [6.45, 7) is 4.07. The van der Waals surface area contributed by atoms with Crippen molar-refractivity contribution in [1.29, 1.82) is 0 Å². The van der Waals surface area contributed by atoms with E-state index >= 15 is 0 Å². The average molecular weight is 438 g/mol. The minimum Gasteiger partial charge on any atom is -0.483 e. The van der Waals surface area contributed by atoms with Crippen LogP contribution in [0.4, 0.5) is 0 Å². The Labute approximate surface area is 183 Å². The molecular formula is C25H27NO4S. The van der Waals surface area contributed by atoms with Crippen LogP contribution in [0, 0.1) is 6.92 Å². The summed E-state index contributed by atoms with van der Waals surface area (Å²) in [5, 5.41) is 6.19. The van der Waals surface area contributed by atoms with E-state index in [2.05, 4.69) is 12.1 Å². The first-order chi connectivity index (χ1) is 15.0. The minimum atomic E-state index is -4.02. The second kappa shape index (κ2) is 9.10. The first-order valence-corrected chi connectivity index (χ1v) is 12.2. The van der Waals surface area contributed by atoms with E-state index in [4.69, 9.17) is 9.02 Å². The molecule has 0 aliphatic carbocycles. The molecule has 0 bridgehead atoms. The molecule has 31 heavy (non-hydrogen) atoms. The molecule has 0 saturated carbocycles. The van der Waals surface area contributed by atoms with Crippen LogP contribution >= 0.6 is 0 Å². The topological polar surface area (TPSA) is 65.0 Å². The fourth-order valence-electron chi connectivity index (χ4n) is 3.88. The zero-order valence-corrected chi connectivity index (χ0v) is 18.7. The Morgan fingerprint density at radius 2 is 1.74 bits per heavy atom. The molecule has 0 spiro atoms. The maximum atomic E-state index is 12.7. The number of unbranched alkanes of at least 4 members (excludes halogenated alkanes) is 3. The Balaban J connectivity index is 1.69. The number of hydrogen-bond acceptors (Lipinski definition) is 5. The third-order valence-electron chi connectivity index (χ3n) is 5.58. The lowest BCUT2D eigenvalue weighted by atomic mass is 9.97. The predicted molar refractivity (Wildman–Crippen MR) is 123 cm³/mol. The van der Waals surface area contributed by atoms with Gasteiger partial charge in [-0.05, 0) is 48.7 Å². The van der Waals surface area contributed by atoms with Gasteiger partial charge in [0.2, 0.25) is 0 Å². The molecule has 1 unspecified atom stereocenters. The van der Waals surface area contributed by atoms with Crippen molar-refractivity contribution in [2.24, 2.45) is 5.16 Å². The molecule has 0 radical (unpaired) electrons. The summed E-state index contributed by atoms with van der Waals surface area (Å²) in [6.07, 6.45) is 4.82. The van der Waals surface area contributed by atoms with Crippen molar-refractivity contribution in [1.82, 2.24) is 0 Å². The van der Waals surface area contributed by atoms with Gasteiger partial charge < -0.3 is 4.74 Å². The highest BCUT2D eigenvalue weighted by Crippen LogP contribution is 2.37. The van der Waals surface area contributed by atoms with Crippen LogP contribution in [0.5, 0.6) is 5.75 Å². The van der Waals surface area contributed by atoms with E-state index in [0.717, 1.165) is 54.0 Å². The van der Waals surface area contributed by atoms with Crippen molar-refractivity contribution in [2.45, 2.75) is 57.0 Å². The number of aryl methyl sites for hydroxylation is 1. The lowest BCUT2D eigenvalue weighted by molar-refractivity contribution is 0.258. The predicted octanol–water partition coefficient (Wildman–Crippen LogP) is 5.99.